The Morgan fingerprint density at radius 1 is 1.00 bits per heavy atom. The maximum atomic E-state index is 5.42. The predicted molar refractivity (Wildman–Crippen MR) is 103 cm³/mol. The number of nitrogens with zero attached hydrogens (tertiary/aromatic N) is 3. The highest BCUT2D eigenvalue weighted by molar-refractivity contribution is 5.86. The summed E-state index contributed by atoms with van der Waals surface area (Å²) in [6.45, 7) is 12.8. The van der Waals surface area contributed by atoms with Gasteiger partial charge in [-0.15, -0.1) is 0 Å². The molecule has 0 bridgehead atoms. The molecule has 3 rings (SSSR count). The average molecular weight is 337 g/mol. The fraction of sp³-hybridized carbons (Fsp3) is 0.429. The van der Waals surface area contributed by atoms with Crippen LogP contribution in [0.3, 0.4) is 0 Å². The predicted octanol–water partition coefficient (Wildman–Crippen LogP) is 4.92. The topological polar surface area (TPSA) is 39.9 Å². The van der Waals surface area contributed by atoms with Gasteiger partial charge in [0.05, 0.1) is 18.5 Å². The molecule has 25 heavy (non-hydrogen) atoms. The van der Waals surface area contributed by atoms with Crippen LogP contribution in [0.5, 0.6) is 5.75 Å². The van der Waals surface area contributed by atoms with Crippen molar-refractivity contribution < 1.29 is 4.74 Å². The van der Waals surface area contributed by atoms with Crippen LogP contribution in [0.1, 0.15) is 47.2 Å². The number of benzene rings is 1. The first kappa shape index (κ1) is 17.5. The van der Waals surface area contributed by atoms with E-state index in [1.54, 1.807) is 7.11 Å². The van der Waals surface area contributed by atoms with Crippen LogP contribution in [0.25, 0.3) is 16.7 Å². The first-order valence-corrected chi connectivity index (χ1v) is 8.89. The van der Waals surface area contributed by atoms with Crippen LogP contribution in [-0.4, -0.2) is 21.6 Å². The van der Waals surface area contributed by atoms with Crippen molar-refractivity contribution in [3.05, 3.63) is 46.0 Å². The number of aryl methyl sites for hydroxylation is 5. The van der Waals surface area contributed by atoms with Crippen molar-refractivity contribution >= 4 is 11.0 Å². The van der Waals surface area contributed by atoms with Gasteiger partial charge in [-0.3, -0.25) is 4.57 Å². The maximum Gasteiger partial charge on any atom is 0.148 e. The van der Waals surface area contributed by atoms with E-state index in [1.807, 2.05) is 6.92 Å². The Labute approximate surface area is 149 Å². The van der Waals surface area contributed by atoms with Crippen molar-refractivity contribution in [2.45, 2.75) is 54.4 Å². The molecule has 1 aromatic carbocycles. The molecule has 4 heteroatoms. The highest BCUT2D eigenvalue weighted by Gasteiger charge is 2.20. The van der Waals surface area contributed by atoms with E-state index in [1.165, 1.54) is 33.5 Å². The molecular formula is C21H27N3O. The van der Waals surface area contributed by atoms with Gasteiger partial charge in [0.15, 0.2) is 0 Å². The van der Waals surface area contributed by atoms with E-state index in [0.717, 1.165) is 35.8 Å². The summed E-state index contributed by atoms with van der Waals surface area (Å²) in [6, 6.07) is 4.17. The molecule has 0 atom stereocenters. The average Bonchev–Trinajstić information content (AvgIpc) is 2.79. The van der Waals surface area contributed by atoms with Crippen LogP contribution < -0.4 is 4.74 Å². The summed E-state index contributed by atoms with van der Waals surface area (Å²) < 4.78 is 7.72. The minimum atomic E-state index is 0.832. The van der Waals surface area contributed by atoms with Crippen molar-refractivity contribution in [2.24, 2.45) is 0 Å². The first-order chi connectivity index (χ1) is 11.9. The smallest absolute Gasteiger partial charge is 0.148 e. The normalized spacial score (nSPS) is 11.3. The second-order valence-corrected chi connectivity index (χ2v) is 6.82. The Morgan fingerprint density at radius 3 is 2.20 bits per heavy atom. The lowest BCUT2D eigenvalue weighted by molar-refractivity contribution is 0.414. The maximum absolute atomic E-state index is 5.42. The quantitative estimate of drug-likeness (QED) is 0.678. The lowest BCUT2D eigenvalue weighted by atomic mass is 10.1. The molecular weight excluding hydrogens is 310 g/mol. The van der Waals surface area contributed by atoms with E-state index in [2.05, 4.69) is 51.3 Å². The van der Waals surface area contributed by atoms with E-state index in [4.69, 9.17) is 14.7 Å². The number of hydrogen-bond acceptors (Lipinski definition) is 3. The summed E-state index contributed by atoms with van der Waals surface area (Å²) in [4.78, 5) is 9.55. The van der Waals surface area contributed by atoms with Crippen LogP contribution in [0.15, 0.2) is 12.1 Å². The minimum absolute atomic E-state index is 0.832. The van der Waals surface area contributed by atoms with E-state index >= 15 is 0 Å². The Hall–Kier alpha value is -2.36. The number of aromatic nitrogens is 3. The summed E-state index contributed by atoms with van der Waals surface area (Å²) >= 11 is 0. The van der Waals surface area contributed by atoms with Crippen LogP contribution in [-0.2, 0) is 6.42 Å². The number of hydrogen-bond donors (Lipinski definition) is 0. The van der Waals surface area contributed by atoms with Crippen molar-refractivity contribution in [1.29, 1.82) is 0 Å². The van der Waals surface area contributed by atoms with Gasteiger partial charge in [-0.1, -0.05) is 13.3 Å². The second kappa shape index (κ2) is 6.51. The first-order valence-electron chi connectivity index (χ1n) is 8.89. The van der Waals surface area contributed by atoms with Crippen molar-refractivity contribution in [1.82, 2.24) is 14.5 Å². The van der Waals surface area contributed by atoms with E-state index in [9.17, 15) is 0 Å². The highest BCUT2D eigenvalue weighted by atomic mass is 16.5. The summed E-state index contributed by atoms with van der Waals surface area (Å²) in [7, 11) is 1.71. The highest BCUT2D eigenvalue weighted by Crippen LogP contribution is 2.34. The van der Waals surface area contributed by atoms with Crippen LogP contribution in [0, 0.1) is 34.6 Å². The molecule has 0 aliphatic heterocycles. The molecule has 132 valence electrons. The molecule has 0 spiro atoms. The Bertz CT molecular complexity index is 931. The van der Waals surface area contributed by atoms with Gasteiger partial charge in [-0.2, -0.15) is 0 Å². The summed E-state index contributed by atoms with van der Waals surface area (Å²) in [5.74, 6) is 1.72. The fourth-order valence-electron chi connectivity index (χ4n) is 3.75. The Kier molecular flexibility index (Phi) is 4.55. The third kappa shape index (κ3) is 2.80. The van der Waals surface area contributed by atoms with Gasteiger partial charge in [0.1, 0.15) is 17.2 Å². The molecule has 2 aromatic heterocycles. The molecule has 3 aromatic rings. The molecule has 0 aliphatic carbocycles. The number of methoxy groups -OCH3 is 1. The van der Waals surface area contributed by atoms with E-state index < -0.39 is 0 Å². The lowest BCUT2D eigenvalue weighted by Crippen LogP contribution is -2.05. The molecule has 0 fully saturated rings. The van der Waals surface area contributed by atoms with E-state index in [0.29, 0.717) is 0 Å². The largest absolute Gasteiger partial charge is 0.497 e. The molecule has 0 N–H and O–H groups in total. The molecule has 2 heterocycles. The molecule has 0 unspecified atom stereocenters. The zero-order valence-electron chi connectivity index (χ0n) is 16.3. The van der Waals surface area contributed by atoms with Crippen LogP contribution in [0.4, 0.5) is 0 Å². The summed E-state index contributed by atoms with van der Waals surface area (Å²) in [5, 5.41) is 1.21. The fourth-order valence-corrected chi connectivity index (χ4v) is 3.75. The number of ether oxygens (including phenoxy) is 1. The van der Waals surface area contributed by atoms with Gasteiger partial charge in [-0.05, 0) is 69.9 Å². The van der Waals surface area contributed by atoms with Gasteiger partial charge >= 0.3 is 0 Å². The molecule has 0 amide bonds. The lowest BCUT2D eigenvalue weighted by Gasteiger charge is -2.16. The molecule has 0 saturated carbocycles. The van der Waals surface area contributed by atoms with Gasteiger partial charge < -0.3 is 4.74 Å². The van der Waals surface area contributed by atoms with Crippen molar-refractivity contribution in [3.63, 3.8) is 0 Å². The summed E-state index contributed by atoms with van der Waals surface area (Å²) in [5.41, 5.74) is 8.24. The standard InChI is InChI=1S/C21H27N3O/c1-8-9-18-19-14(4)15(5)24(21(19)23-16(6)22-18)20-12(2)10-17(25-7)11-13(20)3/h10-11H,8-9H2,1-7H3. The monoisotopic (exact) mass is 337 g/mol. The summed E-state index contributed by atoms with van der Waals surface area (Å²) in [6.07, 6.45) is 2.06. The van der Waals surface area contributed by atoms with Gasteiger partial charge in [0, 0.05) is 11.1 Å². The van der Waals surface area contributed by atoms with Gasteiger partial charge in [0.2, 0.25) is 0 Å². The Balaban J connectivity index is 2.41. The van der Waals surface area contributed by atoms with Crippen molar-refractivity contribution in [3.8, 4) is 11.4 Å². The van der Waals surface area contributed by atoms with E-state index in [-0.39, 0.29) is 0 Å². The zero-order chi connectivity index (χ0) is 18.3. The van der Waals surface area contributed by atoms with Crippen molar-refractivity contribution in [2.75, 3.05) is 7.11 Å². The zero-order valence-corrected chi connectivity index (χ0v) is 16.3. The minimum Gasteiger partial charge on any atom is -0.497 e. The number of rotatable bonds is 4. The Morgan fingerprint density at radius 2 is 1.64 bits per heavy atom. The molecule has 4 nitrogen and oxygen atoms in total. The third-order valence-corrected chi connectivity index (χ3v) is 4.95. The van der Waals surface area contributed by atoms with Gasteiger partial charge in [-0.25, -0.2) is 9.97 Å². The number of fused-ring (bicyclic) bond motifs is 1. The van der Waals surface area contributed by atoms with Crippen LogP contribution >= 0.6 is 0 Å². The molecule has 0 aliphatic rings. The third-order valence-electron chi connectivity index (χ3n) is 4.95. The molecule has 0 radical (unpaired) electrons. The second-order valence-electron chi connectivity index (χ2n) is 6.82. The molecule has 0 saturated heterocycles. The SMILES string of the molecule is CCCc1nc(C)nc2c1c(C)c(C)n2-c1c(C)cc(OC)cc1C. The van der Waals surface area contributed by atoms with Gasteiger partial charge in [0.25, 0.3) is 0 Å². The van der Waals surface area contributed by atoms with Crippen LogP contribution in [0.2, 0.25) is 0 Å².